The summed E-state index contributed by atoms with van der Waals surface area (Å²) in [7, 11) is 0. The van der Waals surface area contributed by atoms with Crippen molar-refractivity contribution in [1.29, 1.82) is 0 Å². The molecule has 0 aliphatic heterocycles. The minimum absolute atomic E-state index is 0.346. The lowest BCUT2D eigenvalue weighted by atomic mass is 9.79. The Bertz CT molecular complexity index is 350. The van der Waals surface area contributed by atoms with Gasteiger partial charge in [-0.2, -0.15) is 0 Å². The fourth-order valence-electron chi connectivity index (χ4n) is 2.80. The monoisotopic (exact) mass is 248 g/mol. The predicted molar refractivity (Wildman–Crippen MR) is 73.2 cm³/mol. The Balaban J connectivity index is 1.75. The number of rotatable bonds is 5. The zero-order valence-electron chi connectivity index (χ0n) is 11.2. The summed E-state index contributed by atoms with van der Waals surface area (Å²) >= 11 is 0. The number of hydrogen-bond acceptors (Lipinski definition) is 3. The number of aliphatic hydroxyl groups excluding tert-OH is 1. The molecule has 1 aliphatic carbocycles. The average molecular weight is 248 g/mol. The van der Waals surface area contributed by atoms with Crippen molar-refractivity contribution in [1.82, 2.24) is 10.3 Å². The minimum Gasteiger partial charge on any atom is -0.396 e. The third kappa shape index (κ3) is 3.79. The van der Waals surface area contributed by atoms with E-state index in [0.717, 1.165) is 18.8 Å². The third-order valence-corrected chi connectivity index (χ3v) is 4.01. The lowest BCUT2D eigenvalue weighted by Crippen LogP contribution is -2.32. The van der Waals surface area contributed by atoms with Gasteiger partial charge in [0.1, 0.15) is 0 Å². The second-order valence-electron chi connectivity index (χ2n) is 5.43. The van der Waals surface area contributed by atoms with Crippen molar-refractivity contribution in [2.75, 3.05) is 13.2 Å². The van der Waals surface area contributed by atoms with Gasteiger partial charge in [-0.15, -0.1) is 0 Å². The van der Waals surface area contributed by atoms with Crippen LogP contribution in [-0.4, -0.2) is 23.2 Å². The van der Waals surface area contributed by atoms with Gasteiger partial charge in [0.05, 0.1) is 0 Å². The summed E-state index contributed by atoms with van der Waals surface area (Å²) in [6.07, 6.45) is 6.98. The van der Waals surface area contributed by atoms with E-state index in [1.165, 1.54) is 31.2 Å². The molecule has 2 atom stereocenters. The van der Waals surface area contributed by atoms with Crippen LogP contribution in [-0.2, 0) is 6.54 Å². The van der Waals surface area contributed by atoms with Crippen molar-refractivity contribution in [3.63, 3.8) is 0 Å². The molecule has 0 saturated heterocycles. The molecule has 18 heavy (non-hydrogen) atoms. The molecule has 0 amide bonds. The number of pyridine rings is 1. The number of aromatic nitrogens is 1. The quantitative estimate of drug-likeness (QED) is 0.840. The van der Waals surface area contributed by atoms with Crippen LogP contribution in [0, 0.1) is 18.8 Å². The van der Waals surface area contributed by atoms with E-state index in [-0.39, 0.29) is 0 Å². The summed E-state index contributed by atoms with van der Waals surface area (Å²) in [4.78, 5) is 4.30. The summed E-state index contributed by atoms with van der Waals surface area (Å²) in [6.45, 7) is 4.24. The van der Waals surface area contributed by atoms with Crippen molar-refractivity contribution in [2.45, 2.75) is 39.2 Å². The number of aryl methyl sites for hydroxylation is 1. The third-order valence-electron chi connectivity index (χ3n) is 4.01. The highest BCUT2D eigenvalue weighted by Crippen LogP contribution is 2.29. The largest absolute Gasteiger partial charge is 0.396 e. The fraction of sp³-hybridized carbons (Fsp3) is 0.667. The first-order chi connectivity index (χ1) is 8.79. The van der Waals surface area contributed by atoms with Crippen LogP contribution < -0.4 is 5.32 Å². The number of hydrogen-bond donors (Lipinski definition) is 2. The zero-order chi connectivity index (χ0) is 12.8. The van der Waals surface area contributed by atoms with E-state index in [1.54, 1.807) is 0 Å². The topological polar surface area (TPSA) is 45.1 Å². The normalized spacial score (nSPS) is 24.1. The van der Waals surface area contributed by atoms with Crippen LogP contribution in [0.2, 0.25) is 0 Å². The Hall–Kier alpha value is -0.930. The number of nitrogens with zero attached hydrogens (tertiary/aromatic N) is 1. The summed E-state index contributed by atoms with van der Waals surface area (Å²) in [5.74, 6) is 1.14. The first-order valence-corrected chi connectivity index (χ1v) is 7.02. The molecule has 1 aromatic heterocycles. The molecule has 0 aromatic carbocycles. The van der Waals surface area contributed by atoms with Crippen LogP contribution >= 0.6 is 0 Å². The van der Waals surface area contributed by atoms with Gasteiger partial charge in [-0.05, 0) is 49.8 Å². The van der Waals surface area contributed by atoms with E-state index in [0.29, 0.717) is 18.4 Å². The van der Waals surface area contributed by atoms with Crippen molar-refractivity contribution >= 4 is 0 Å². The molecular weight excluding hydrogens is 224 g/mol. The molecule has 1 fully saturated rings. The predicted octanol–water partition coefficient (Wildman–Crippen LogP) is 2.28. The molecule has 2 unspecified atom stereocenters. The van der Waals surface area contributed by atoms with Gasteiger partial charge in [0.15, 0.2) is 0 Å². The SMILES string of the molecule is Cc1ccc(CNCC2CCCCC2CO)cn1. The molecule has 3 heteroatoms. The van der Waals surface area contributed by atoms with Gasteiger partial charge >= 0.3 is 0 Å². The molecule has 1 saturated carbocycles. The highest BCUT2D eigenvalue weighted by Gasteiger charge is 2.23. The van der Waals surface area contributed by atoms with E-state index in [2.05, 4.69) is 16.4 Å². The Morgan fingerprint density at radius 2 is 2.06 bits per heavy atom. The summed E-state index contributed by atoms with van der Waals surface area (Å²) in [6, 6.07) is 4.17. The van der Waals surface area contributed by atoms with Crippen molar-refractivity contribution in [2.24, 2.45) is 11.8 Å². The lowest BCUT2D eigenvalue weighted by molar-refractivity contribution is 0.133. The van der Waals surface area contributed by atoms with Gasteiger partial charge in [-0.25, -0.2) is 0 Å². The van der Waals surface area contributed by atoms with Crippen LogP contribution in [0.25, 0.3) is 0 Å². The summed E-state index contributed by atoms with van der Waals surface area (Å²) < 4.78 is 0. The molecule has 0 spiro atoms. The van der Waals surface area contributed by atoms with E-state index >= 15 is 0 Å². The maximum Gasteiger partial charge on any atom is 0.0462 e. The molecular formula is C15H24N2O. The second-order valence-corrected chi connectivity index (χ2v) is 5.43. The molecule has 1 heterocycles. The highest BCUT2D eigenvalue weighted by molar-refractivity contribution is 5.12. The van der Waals surface area contributed by atoms with Gasteiger partial charge in [0.25, 0.3) is 0 Å². The zero-order valence-corrected chi connectivity index (χ0v) is 11.2. The van der Waals surface area contributed by atoms with Crippen molar-refractivity contribution in [3.8, 4) is 0 Å². The minimum atomic E-state index is 0.346. The Kier molecular flexibility index (Phi) is 5.14. The number of nitrogens with one attached hydrogen (secondary N) is 1. The molecule has 1 aromatic rings. The van der Waals surface area contributed by atoms with Gasteiger partial charge in [-0.1, -0.05) is 18.9 Å². The first kappa shape index (κ1) is 13.5. The Morgan fingerprint density at radius 3 is 2.72 bits per heavy atom. The van der Waals surface area contributed by atoms with Crippen LogP contribution in [0.3, 0.4) is 0 Å². The first-order valence-electron chi connectivity index (χ1n) is 7.02. The fourth-order valence-corrected chi connectivity index (χ4v) is 2.80. The van der Waals surface area contributed by atoms with Crippen LogP contribution in [0.1, 0.15) is 36.9 Å². The molecule has 2 N–H and O–H groups in total. The molecule has 2 rings (SSSR count). The van der Waals surface area contributed by atoms with E-state index in [9.17, 15) is 5.11 Å². The summed E-state index contributed by atoms with van der Waals surface area (Å²) in [5.41, 5.74) is 2.29. The average Bonchev–Trinajstić information content (AvgIpc) is 2.41. The Labute approximate surface area is 110 Å². The lowest BCUT2D eigenvalue weighted by Gasteiger charge is -2.30. The van der Waals surface area contributed by atoms with E-state index in [1.807, 2.05) is 19.2 Å². The molecule has 100 valence electrons. The standard InChI is InChI=1S/C15H24N2O/c1-12-6-7-13(9-17-12)8-16-10-14-4-2-3-5-15(14)11-18/h6-7,9,14-16,18H,2-5,8,10-11H2,1H3. The molecule has 1 aliphatic rings. The summed E-state index contributed by atoms with van der Waals surface area (Å²) in [5, 5.41) is 12.9. The van der Waals surface area contributed by atoms with Gasteiger partial charge in [-0.3, -0.25) is 4.98 Å². The van der Waals surface area contributed by atoms with Crippen LogP contribution in [0.15, 0.2) is 18.3 Å². The van der Waals surface area contributed by atoms with Crippen LogP contribution in [0.4, 0.5) is 0 Å². The molecule has 3 nitrogen and oxygen atoms in total. The molecule has 0 bridgehead atoms. The Morgan fingerprint density at radius 1 is 1.28 bits per heavy atom. The van der Waals surface area contributed by atoms with Gasteiger partial charge in [0.2, 0.25) is 0 Å². The number of aliphatic hydroxyl groups is 1. The van der Waals surface area contributed by atoms with Crippen molar-refractivity contribution in [3.05, 3.63) is 29.6 Å². The second kappa shape index (κ2) is 6.86. The van der Waals surface area contributed by atoms with Gasteiger partial charge in [0, 0.05) is 25.0 Å². The van der Waals surface area contributed by atoms with Crippen molar-refractivity contribution < 1.29 is 5.11 Å². The highest BCUT2D eigenvalue weighted by atomic mass is 16.3. The maximum absolute atomic E-state index is 9.37. The van der Waals surface area contributed by atoms with E-state index < -0.39 is 0 Å². The smallest absolute Gasteiger partial charge is 0.0462 e. The van der Waals surface area contributed by atoms with Crippen LogP contribution in [0.5, 0.6) is 0 Å². The van der Waals surface area contributed by atoms with E-state index in [4.69, 9.17) is 0 Å². The van der Waals surface area contributed by atoms with Gasteiger partial charge < -0.3 is 10.4 Å². The molecule has 0 radical (unpaired) electrons. The maximum atomic E-state index is 9.37.